The van der Waals surface area contributed by atoms with Crippen LogP contribution in [-0.4, -0.2) is 32.5 Å². The normalized spacial score (nSPS) is 20.2. The molecule has 1 amide bonds. The lowest BCUT2D eigenvalue weighted by Gasteiger charge is -2.40. The number of nitrogens with one attached hydrogen (secondary N) is 1. The second kappa shape index (κ2) is 9.21. The summed E-state index contributed by atoms with van der Waals surface area (Å²) >= 11 is 3.22. The lowest BCUT2D eigenvalue weighted by atomic mass is 9.69. The van der Waals surface area contributed by atoms with Crippen molar-refractivity contribution < 1.29 is 4.79 Å². The zero-order valence-electron chi connectivity index (χ0n) is 18.5. The third-order valence-electron chi connectivity index (χ3n) is 5.84. The first-order chi connectivity index (χ1) is 13.7. The van der Waals surface area contributed by atoms with Crippen LogP contribution in [0.4, 0.5) is 0 Å². The summed E-state index contributed by atoms with van der Waals surface area (Å²) < 4.78 is 1.99. The number of rotatable bonds is 6. The Bertz CT molecular complexity index is 834. The van der Waals surface area contributed by atoms with E-state index in [1.54, 1.807) is 11.3 Å². The van der Waals surface area contributed by atoms with Gasteiger partial charge in [0, 0.05) is 28.9 Å². The van der Waals surface area contributed by atoms with Gasteiger partial charge in [0.25, 0.3) is 0 Å². The van der Waals surface area contributed by atoms with Crippen LogP contribution in [0.1, 0.15) is 71.1 Å². The van der Waals surface area contributed by atoms with Gasteiger partial charge in [-0.15, -0.1) is 21.5 Å². The predicted molar refractivity (Wildman–Crippen MR) is 122 cm³/mol. The van der Waals surface area contributed by atoms with Gasteiger partial charge < -0.3 is 9.88 Å². The van der Waals surface area contributed by atoms with Crippen molar-refractivity contribution in [1.82, 2.24) is 20.1 Å². The number of carbonyl (C=O) groups is 1. The maximum Gasteiger partial charge on any atom is 0.230 e. The maximum atomic E-state index is 12.6. The molecular formula is C22H34N4OS2. The number of thioether (sulfide) groups is 1. The SMILES string of the molecule is CC(C)c1cc(-c2nnc(SCC(=O)N[C@@H]3CCCC[C@@H]3C(C)(C)C)n2C)cs1. The predicted octanol–water partition coefficient (Wildman–Crippen LogP) is 5.48. The highest BCUT2D eigenvalue weighted by atomic mass is 32.2. The maximum absolute atomic E-state index is 12.6. The Morgan fingerprint density at radius 1 is 1.31 bits per heavy atom. The highest BCUT2D eigenvalue weighted by Crippen LogP contribution is 2.38. The number of nitrogens with zero attached hydrogens (tertiary/aromatic N) is 3. The van der Waals surface area contributed by atoms with Gasteiger partial charge in [0.1, 0.15) is 0 Å². The molecule has 2 aromatic rings. The Morgan fingerprint density at radius 2 is 2.03 bits per heavy atom. The number of thiophene rings is 1. The zero-order chi connectivity index (χ0) is 21.2. The molecule has 160 valence electrons. The largest absolute Gasteiger partial charge is 0.352 e. The van der Waals surface area contributed by atoms with Crippen LogP contribution in [0.2, 0.25) is 0 Å². The lowest BCUT2D eigenvalue weighted by molar-refractivity contribution is -0.120. The molecule has 0 aliphatic heterocycles. The van der Waals surface area contributed by atoms with Crippen molar-refractivity contribution in [3.8, 4) is 11.4 Å². The molecule has 0 saturated heterocycles. The summed E-state index contributed by atoms with van der Waals surface area (Å²) in [6.45, 7) is 11.2. The summed E-state index contributed by atoms with van der Waals surface area (Å²) in [4.78, 5) is 14.0. The standard InChI is InChI=1S/C22H34N4OS2/c1-14(2)18-11-15(12-28-18)20-24-25-21(26(20)6)29-13-19(27)23-17-10-8-7-9-16(17)22(3,4)5/h11-12,14,16-17H,7-10,13H2,1-6H3,(H,23,27)/t16-,17+/m0/s1. The summed E-state index contributed by atoms with van der Waals surface area (Å²) in [5, 5.41) is 14.9. The molecule has 0 radical (unpaired) electrons. The monoisotopic (exact) mass is 434 g/mol. The fraction of sp³-hybridized carbons (Fsp3) is 0.682. The average Bonchev–Trinajstić information content (AvgIpc) is 3.26. The van der Waals surface area contributed by atoms with Gasteiger partial charge in [-0.25, -0.2) is 0 Å². The van der Waals surface area contributed by atoms with E-state index in [0.717, 1.165) is 23.0 Å². The summed E-state index contributed by atoms with van der Waals surface area (Å²) in [6, 6.07) is 2.48. The molecule has 1 N–H and O–H groups in total. The Hall–Kier alpha value is -1.34. The van der Waals surface area contributed by atoms with Gasteiger partial charge >= 0.3 is 0 Å². The minimum absolute atomic E-state index is 0.0957. The van der Waals surface area contributed by atoms with Crippen LogP contribution in [0.15, 0.2) is 16.6 Å². The highest BCUT2D eigenvalue weighted by Gasteiger charge is 2.34. The van der Waals surface area contributed by atoms with Crippen LogP contribution in [0.5, 0.6) is 0 Å². The molecule has 1 aliphatic carbocycles. The van der Waals surface area contributed by atoms with E-state index in [2.05, 4.69) is 61.6 Å². The average molecular weight is 435 g/mol. The fourth-order valence-corrected chi connectivity index (χ4v) is 5.81. The van der Waals surface area contributed by atoms with Crippen LogP contribution < -0.4 is 5.32 Å². The van der Waals surface area contributed by atoms with E-state index in [0.29, 0.717) is 17.6 Å². The Morgan fingerprint density at radius 3 is 2.69 bits per heavy atom. The molecule has 2 aromatic heterocycles. The van der Waals surface area contributed by atoms with E-state index in [-0.39, 0.29) is 17.4 Å². The molecule has 3 rings (SSSR count). The molecule has 1 saturated carbocycles. The van der Waals surface area contributed by atoms with Crippen LogP contribution in [0, 0.1) is 11.3 Å². The Kier molecular flexibility index (Phi) is 7.10. The number of aromatic nitrogens is 3. The molecule has 0 bridgehead atoms. The third-order valence-corrected chi connectivity index (χ3v) is 8.09. The topological polar surface area (TPSA) is 59.8 Å². The van der Waals surface area contributed by atoms with Crippen molar-refractivity contribution in [1.29, 1.82) is 0 Å². The van der Waals surface area contributed by atoms with Crippen molar-refractivity contribution in [2.75, 3.05) is 5.75 Å². The molecule has 0 spiro atoms. The van der Waals surface area contributed by atoms with Gasteiger partial charge in [-0.3, -0.25) is 4.79 Å². The van der Waals surface area contributed by atoms with Gasteiger partial charge in [-0.1, -0.05) is 59.2 Å². The first-order valence-corrected chi connectivity index (χ1v) is 12.4. The van der Waals surface area contributed by atoms with Crippen molar-refractivity contribution in [2.45, 2.75) is 77.4 Å². The number of carbonyl (C=O) groups excluding carboxylic acids is 1. The van der Waals surface area contributed by atoms with E-state index in [9.17, 15) is 4.79 Å². The lowest BCUT2D eigenvalue weighted by Crippen LogP contribution is -2.47. The number of hydrogen-bond acceptors (Lipinski definition) is 5. The highest BCUT2D eigenvalue weighted by molar-refractivity contribution is 7.99. The minimum atomic E-state index is 0.0957. The van der Waals surface area contributed by atoms with Crippen LogP contribution in [0.25, 0.3) is 11.4 Å². The summed E-state index contributed by atoms with van der Waals surface area (Å²) in [5.41, 5.74) is 1.32. The molecule has 2 atom stereocenters. The quantitative estimate of drug-likeness (QED) is 0.612. The summed E-state index contributed by atoms with van der Waals surface area (Å²) in [7, 11) is 1.97. The van der Waals surface area contributed by atoms with Crippen LogP contribution >= 0.6 is 23.1 Å². The summed E-state index contributed by atoms with van der Waals surface area (Å²) in [5.74, 6) is 2.38. The molecule has 0 aromatic carbocycles. The molecule has 7 heteroatoms. The van der Waals surface area contributed by atoms with Gasteiger partial charge in [0.15, 0.2) is 11.0 Å². The Labute approximate surface area is 183 Å². The molecule has 1 aliphatic rings. The van der Waals surface area contributed by atoms with Crippen molar-refractivity contribution in [2.24, 2.45) is 18.4 Å². The second-order valence-electron chi connectivity index (χ2n) is 9.48. The smallest absolute Gasteiger partial charge is 0.230 e. The molecule has 5 nitrogen and oxygen atoms in total. The van der Waals surface area contributed by atoms with Gasteiger partial charge in [0.2, 0.25) is 5.91 Å². The van der Waals surface area contributed by atoms with Crippen LogP contribution in [0.3, 0.4) is 0 Å². The molecule has 0 unspecified atom stereocenters. The molecule has 2 heterocycles. The van der Waals surface area contributed by atoms with E-state index < -0.39 is 0 Å². The van der Waals surface area contributed by atoms with E-state index in [4.69, 9.17) is 0 Å². The summed E-state index contributed by atoms with van der Waals surface area (Å²) in [6.07, 6.45) is 4.76. The van der Waals surface area contributed by atoms with Crippen molar-refractivity contribution >= 4 is 29.0 Å². The van der Waals surface area contributed by atoms with Gasteiger partial charge in [-0.2, -0.15) is 0 Å². The van der Waals surface area contributed by atoms with Crippen molar-refractivity contribution in [3.05, 3.63) is 16.3 Å². The van der Waals surface area contributed by atoms with Crippen LogP contribution in [-0.2, 0) is 11.8 Å². The van der Waals surface area contributed by atoms with Crippen molar-refractivity contribution in [3.63, 3.8) is 0 Å². The second-order valence-corrected chi connectivity index (χ2v) is 11.4. The minimum Gasteiger partial charge on any atom is -0.352 e. The molecule has 29 heavy (non-hydrogen) atoms. The fourth-order valence-electron chi connectivity index (χ4n) is 4.18. The molecular weight excluding hydrogens is 400 g/mol. The number of hydrogen-bond donors (Lipinski definition) is 1. The van der Waals surface area contributed by atoms with Gasteiger partial charge in [0.05, 0.1) is 5.75 Å². The number of amides is 1. The third kappa shape index (κ3) is 5.43. The van der Waals surface area contributed by atoms with E-state index >= 15 is 0 Å². The van der Waals surface area contributed by atoms with E-state index in [1.165, 1.54) is 35.9 Å². The van der Waals surface area contributed by atoms with Gasteiger partial charge in [-0.05, 0) is 36.2 Å². The van der Waals surface area contributed by atoms with E-state index in [1.807, 2.05) is 11.6 Å². The Balaban J connectivity index is 1.60. The zero-order valence-corrected chi connectivity index (χ0v) is 20.1. The first kappa shape index (κ1) is 22.3. The molecule has 1 fully saturated rings. The first-order valence-electron chi connectivity index (χ1n) is 10.6.